The number of aliphatic hydroxyl groups is 12. The molecule has 8 rings (SSSR count). The molecule has 420 valence electrons. The smallest absolute Gasteiger partial charge is 0.187 e. The molecule has 0 radical (unpaired) electrons. The van der Waals surface area contributed by atoms with Crippen LogP contribution in [-0.2, 0) is 42.7 Å². The van der Waals surface area contributed by atoms with E-state index in [4.69, 9.17) is 37.9 Å². The Hall–Kier alpha value is -1.39. The predicted octanol–water partition coefficient (Wildman–Crippen LogP) is -0.716. The van der Waals surface area contributed by atoms with E-state index in [1.54, 1.807) is 0 Å². The lowest BCUT2D eigenvalue weighted by Gasteiger charge is -2.69. The van der Waals surface area contributed by atoms with Gasteiger partial charge in [0.15, 0.2) is 25.2 Å². The first kappa shape index (κ1) is 57.8. The van der Waals surface area contributed by atoms with Gasteiger partial charge in [0.05, 0.1) is 38.1 Å². The van der Waals surface area contributed by atoms with E-state index in [0.29, 0.717) is 32.1 Å². The Morgan fingerprint density at radius 2 is 1.23 bits per heavy atom. The zero-order valence-electron chi connectivity index (χ0n) is 43.4. The molecule has 4 aliphatic carbocycles. The number of aliphatic hydroxyl groups excluding tert-OH is 12. The van der Waals surface area contributed by atoms with Crippen molar-refractivity contribution in [3.05, 3.63) is 11.6 Å². The first-order valence-electron chi connectivity index (χ1n) is 26.6. The predicted molar refractivity (Wildman–Crippen MR) is 253 cm³/mol. The average molecular weight is 1050 g/mol. The van der Waals surface area contributed by atoms with E-state index in [9.17, 15) is 66.1 Å². The fraction of sp³-hybridized carbons (Fsp3) is 0.942. The maximum Gasteiger partial charge on any atom is 0.187 e. The van der Waals surface area contributed by atoms with E-state index in [1.165, 1.54) is 6.29 Å². The van der Waals surface area contributed by atoms with Gasteiger partial charge < -0.3 is 104 Å². The zero-order chi connectivity index (χ0) is 53.3. The van der Waals surface area contributed by atoms with Crippen molar-refractivity contribution in [3.8, 4) is 0 Å². The number of carbonyl (C=O) groups excluding carboxylic acids is 1. The minimum Gasteiger partial charge on any atom is -0.394 e. The van der Waals surface area contributed by atoms with Gasteiger partial charge in [0, 0.05) is 5.41 Å². The second-order valence-corrected chi connectivity index (χ2v) is 24.4. The molecule has 4 aliphatic heterocycles. The number of ether oxygens (including phenoxy) is 8. The van der Waals surface area contributed by atoms with Crippen molar-refractivity contribution in [2.24, 2.45) is 45.3 Å². The van der Waals surface area contributed by atoms with Crippen molar-refractivity contribution in [1.82, 2.24) is 0 Å². The van der Waals surface area contributed by atoms with Gasteiger partial charge in [0.25, 0.3) is 0 Å². The standard InChI is InChI=1S/C52H86O21/c1-24(2)9-8-15-51(7,73-46-42(65)38(61)37(60)30(70-46)22-68-44-40(63)34(57)27(55)20-66-44)26-12-16-49(5)25(26)10-11-32-50(49,6)17-13-31-48(3,4)33(14-18-52(31,32)23-54)71-47-43(39(62)36(59)29(19-53)69-47)72-45-41(64)35(58)28(56)21-67-45/h9,23,25-47,53,55-65H,8,10-22H2,1-7H3. The second-order valence-electron chi connectivity index (χ2n) is 24.4. The number of hydrogen-bond donors (Lipinski definition) is 12. The van der Waals surface area contributed by atoms with Crippen molar-refractivity contribution in [2.45, 2.75) is 235 Å². The summed E-state index contributed by atoms with van der Waals surface area (Å²) < 4.78 is 48.6. The molecular formula is C52H86O21. The van der Waals surface area contributed by atoms with Crippen LogP contribution in [0.15, 0.2) is 11.6 Å². The van der Waals surface area contributed by atoms with E-state index in [2.05, 4.69) is 33.8 Å². The lowest BCUT2D eigenvalue weighted by molar-refractivity contribution is -0.370. The minimum absolute atomic E-state index is 0.00396. The number of rotatable bonds is 15. The highest BCUT2D eigenvalue weighted by molar-refractivity contribution is 5.62. The maximum absolute atomic E-state index is 14.1. The van der Waals surface area contributed by atoms with Crippen LogP contribution in [0.1, 0.15) is 113 Å². The van der Waals surface area contributed by atoms with E-state index in [1.807, 2.05) is 20.8 Å². The Kier molecular flexibility index (Phi) is 17.4. The van der Waals surface area contributed by atoms with Crippen LogP contribution < -0.4 is 0 Å². The maximum atomic E-state index is 14.1. The van der Waals surface area contributed by atoms with Gasteiger partial charge in [-0.1, -0.05) is 39.3 Å². The molecule has 12 N–H and O–H groups in total. The minimum atomic E-state index is -1.70. The lowest BCUT2D eigenvalue weighted by atomic mass is 9.35. The van der Waals surface area contributed by atoms with E-state index in [-0.39, 0.29) is 47.7 Å². The van der Waals surface area contributed by atoms with Gasteiger partial charge in [-0.25, -0.2) is 0 Å². The highest BCUT2D eigenvalue weighted by atomic mass is 16.8. The van der Waals surface area contributed by atoms with E-state index in [0.717, 1.165) is 37.7 Å². The van der Waals surface area contributed by atoms with Crippen LogP contribution in [0.25, 0.3) is 0 Å². The van der Waals surface area contributed by atoms with Crippen molar-refractivity contribution < 1.29 is 104 Å². The molecule has 0 bridgehead atoms. The normalized spacial score (nSPS) is 51.7. The van der Waals surface area contributed by atoms with Gasteiger partial charge in [-0.15, -0.1) is 0 Å². The molecular weight excluding hydrogens is 961 g/mol. The quantitative estimate of drug-likeness (QED) is 0.0547. The van der Waals surface area contributed by atoms with Crippen molar-refractivity contribution in [2.75, 3.05) is 26.4 Å². The van der Waals surface area contributed by atoms with Crippen molar-refractivity contribution in [3.63, 3.8) is 0 Å². The van der Waals surface area contributed by atoms with Gasteiger partial charge in [-0.2, -0.15) is 0 Å². The lowest BCUT2D eigenvalue weighted by Crippen LogP contribution is -2.67. The topological polar surface area (TPSA) is 334 Å². The first-order chi connectivity index (χ1) is 34.3. The summed E-state index contributed by atoms with van der Waals surface area (Å²) in [6.07, 6.45) is -17.3. The van der Waals surface area contributed by atoms with Gasteiger partial charge in [-0.3, -0.25) is 0 Å². The summed E-state index contributed by atoms with van der Waals surface area (Å²) in [5.41, 5.74) is -1.75. The molecule has 21 heteroatoms. The molecule has 4 saturated heterocycles. The van der Waals surface area contributed by atoms with Crippen LogP contribution in [0, 0.1) is 45.3 Å². The third-order valence-electron chi connectivity index (χ3n) is 19.9. The molecule has 8 fully saturated rings. The molecule has 27 unspecified atom stereocenters. The Morgan fingerprint density at radius 1 is 0.630 bits per heavy atom. The fourth-order valence-electron chi connectivity index (χ4n) is 15.5. The largest absolute Gasteiger partial charge is 0.394 e. The van der Waals surface area contributed by atoms with Crippen LogP contribution in [0.4, 0.5) is 0 Å². The number of fused-ring (bicyclic) bond motifs is 5. The molecule has 21 nitrogen and oxygen atoms in total. The molecule has 0 amide bonds. The van der Waals surface area contributed by atoms with Crippen LogP contribution in [0.2, 0.25) is 0 Å². The Balaban J connectivity index is 1.01. The molecule has 4 saturated carbocycles. The third-order valence-corrected chi connectivity index (χ3v) is 19.9. The first-order valence-corrected chi connectivity index (χ1v) is 26.6. The molecule has 27 atom stereocenters. The molecule has 0 aromatic heterocycles. The second kappa shape index (κ2) is 22.0. The Morgan fingerprint density at radius 3 is 1.88 bits per heavy atom. The molecule has 8 aliphatic rings. The number of allylic oxidation sites excluding steroid dienone is 2. The van der Waals surface area contributed by atoms with Gasteiger partial charge in [0.1, 0.15) is 91.7 Å². The monoisotopic (exact) mass is 1050 g/mol. The van der Waals surface area contributed by atoms with Crippen molar-refractivity contribution >= 4 is 6.29 Å². The summed E-state index contributed by atoms with van der Waals surface area (Å²) in [4.78, 5) is 14.1. The summed E-state index contributed by atoms with van der Waals surface area (Å²) in [5.74, 6) is -0.0750. The SMILES string of the molecule is CC(C)=CCCC(C)(OC1OC(COC2OCC(O)C(O)C2O)C(O)C(O)C1O)C1CCC2(C)C1CCC1C3(C=O)CCC(OC4OC(CO)C(O)C(O)C4OC4OCC(O)C(O)C4O)C(C)(C)C3CCC12C. The van der Waals surface area contributed by atoms with E-state index < -0.39 is 146 Å². The zero-order valence-corrected chi connectivity index (χ0v) is 43.4. The number of carbonyl (C=O) groups is 1. The Labute approximate surface area is 427 Å². The third kappa shape index (κ3) is 10.2. The fourth-order valence-corrected chi connectivity index (χ4v) is 15.5. The van der Waals surface area contributed by atoms with Crippen LogP contribution in [0.5, 0.6) is 0 Å². The highest BCUT2D eigenvalue weighted by Gasteiger charge is 2.71. The molecule has 0 aromatic rings. The summed E-state index contributed by atoms with van der Waals surface area (Å²) in [7, 11) is 0. The highest BCUT2D eigenvalue weighted by Crippen LogP contribution is 2.76. The summed E-state index contributed by atoms with van der Waals surface area (Å²) >= 11 is 0. The molecule has 0 spiro atoms. The Bertz CT molecular complexity index is 1910. The molecule has 0 aromatic carbocycles. The van der Waals surface area contributed by atoms with Crippen LogP contribution >= 0.6 is 0 Å². The summed E-state index contributed by atoms with van der Waals surface area (Å²) in [6.45, 7) is 13.2. The summed E-state index contributed by atoms with van der Waals surface area (Å²) in [6, 6.07) is 0. The summed E-state index contributed by atoms with van der Waals surface area (Å²) in [5, 5.41) is 128. The molecule has 73 heavy (non-hydrogen) atoms. The van der Waals surface area contributed by atoms with Gasteiger partial charge in [0.2, 0.25) is 0 Å². The van der Waals surface area contributed by atoms with Crippen LogP contribution in [-0.4, -0.2) is 216 Å². The van der Waals surface area contributed by atoms with Crippen molar-refractivity contribution in [1.29, 1.82) is 0 Å². The number of hydrogen-bond acceptors (Lipinski definition) is 21. The number of aldehydes is 1. The van der Waals surface area contributed by atoms with E-state index >= 15 is 0 Å². The van der Waals surface area contributed by atoms with Crippen LogP contribution in [0.3, 0.4) is 0 Å². The van der Waals surface area contributed by atoms with Gasteiger partial charge in [-0.05, 0) is 125 Å². The van der Waals surface area contributed by atoms with Gasteiger partial charge >= 0.3 is 0 Å². The molecule has 4 heterocycles. The average Bonchev–Trinajstić information content (AvgIpc) is 3.72.